The van der Waals surface area contributed by atoms with Gasteiger partial charge in [0.05, 0.1) is 0 Å². The van der Waals surface area contributed by atoms with Crippen molar-refractivity contribution in [1.29, 1.82) is 0 Å². The van der Waals surface area contributed by atoms with Gasteiger partial charge in [0.25, 0.3) is 0 Å². The summed E-state index contributed by atoms with van der Waals surface area (Å²) >= 11 is 1.98. The first kappa shape index (κ1) is 12.0. The molecule has 72 valence electrons. The van der Waals surface area contributed by atoms with Crippen molar-refractivity contribution in [3.8, 4) is 0 Å². The van der Waals surface area contributed by atoms with Crippen LogP contribution in [-0.4, -0.2) is 17.5 Å². The van der Waals surface area contributed by atoms with Crippen LogP contribution in [0.4, 0.5) is 0 Å². The molecule has 0 bridgehead atoms. The largest absolute Gasteiger partial charge is 0.329 e. The lowest BCUT2D eigenvalue weighted by molar-refractivity contribution is 0.734. The summed E-state index contributed by atoms with van der Waals surface area (Å²) < 4.78 is 0. The highest BCUT2D eigenvalue weighted by molar-refractivity contribution is 7.99. The Morgan fingerprint density at radius 3 is 2.75 bits per heavy atom. The first-order valence-corrected chi connectivity index (χ1v) is 5.78. The van der Waals surface area contributed by atoms with Gasteiger partial charge in [-0.15, -0.1) is 6.58 Å². The van der Waals surface area contributed by atoms with Crippen molar-refractivity contribution in [2.24, 2.45) is 5.73 Å². The monoisotopic (exact) mass is 187 g/mol. The summed E-state index contributed by atoms with van der Waals surface area (Å²) in [5.74, 6) is 1.26. The van der Waals surface area contributed by atoms with Crippen LogP contribution in [0, 0.1) is 0 Å². The average Bonchev–Trinajstić information content (AvgIpc) is 2.10. The third kappa shape index (κ3) is 8.15. The van der Waals surface area contributed by atoms with E-state index in [9.17, 15) is 0 Å². The van der Waals surface area contributed by atoms with E-state index in [1.165, 1.54) is 25.0 Å². The van der Waals surface area contributed by atoms with E-state index in [0.29, 0.717) is 5.25 Å². The highest BCUT2D eigenvalue weighted by Crippen LogP contribution is 2.12. The van der Waals surface area contributed by atoms with Crippen LogP contribution in [0.2, 0.25) is 0 Å². The lowest BCUT2D eigenvalue weighted by Gasteiger charge is -2.06. The molecule has 0 heterocycles. The molecule has 0 saturated carbocycles. The molecule has 1 nitrogen and oxygen atoms in total. The molecule has 0 rings (SSSR count). The predicted molar refractivity (Wildman–Crippen MR) is 59.6 cm³/mol. The van der Waals surface area contributed by atoms with Gasteiger partial charge in [0.1, 0.15) is 0 Å². The van der Waals surface area contributed by atoms with Gasteiger partial charge < -0.3 is 5.73 Å². The smallest absolute Gasteiger partial charge is 0.0141 e. The quantitative estimate of drug-likeness (QED) is 0.467. The molecule has 0 spiro atoms. The average molecular weight is 187 g/mol. The van der Waals surface area contributed by atoms with E-state index in [2.05, 4.69) is 13.5 Å². The van der Waals surface area contributed by atoms with Crippen molar-refractivity contribution in [1.82, 2.24) is 0 Å². The van der Waals surface area contributed by atoms with Crippen LogP contribution < -0.4 is 5.73 Å². The van der Waals surface area contributed by atoms with Gasteiger partial charge in [0.15, 0.2) is 0 Å². The molecule has 0 aliphatic carbocycles. The molecular formula is C10H21NS. The van der Waals surface area contributed by atoms with Crippen LogP contribution in [0.3, 0.4) is 0 Å². The van der Waals surface area contributed by atoms with Crippen molar-refractivity contribution < 1.29 is 0 Å². The van der Waals surface area contributed by atoms with E-state index < -0.39 is 0 Å². The zero-order chi connectivity index (χ0) is 9.23. The predicted octanol–water partition coefficient (Wildman–Crippen LogP) is 2.81. The standard InChI is InChI=1S/C10H21NS/c1-3-4-5-6-7-8-12-10(2)9-11/h3,10H,1,4-9,11H2,2H3. The second kappa shape index (κ2) is 9.14. The van der Waals surface area contributed by atoms with Crippen LogP contribution in [0.5, 0.6) is 0 Å². The topological polar surface area (TPSA) is 26.0 Å². The highest BCUT2D eigenvalue weighted by Gasteiger charge is 1.97. The zero-order valence-electron chi connectivity index (χ0n) is 8.09. The van der Waals surface area contributed by atoms with Gasteiger partial charge in [-0.3, -0.25) is 0 Å². The van der Waals surface area contributed by atoms with Crippen molar-refractivity contribution in [2.45, 2.75) is 37.9 Å². The molecule has 0 aliphatic heterocycles. The minimum absolute atomic E-state index is 0.629. The molecule has 0 radical (unpaired) electrons. The first-order chi connectivity index (χ1) is 5.81. The third-order valence-corrected chi connectivity index (χ3v) is 3.07. The fraction of sp³-hybridized carbons (Fsp3) is 0.800. The SMILES string of the molecule is C=CCCCCCSC(C)CN. The summed E-state index contributed by atoms with van der Waals surface area (Å²) in [6.07, 6.45) is 7.10. The Balaban J connectivity index is 2.95. The summed E-state index contributed by atoms with van der Waals surface area (Å²) in [6, 6.07) is 0. The molecule has 12 heavy (non-hydrogen) atoms. The summed E-state index contributed by atoms with van der Waals surface area (Å²) in [5.41, 5.74) is 5.50. The fourth-order valence-electron chi connectivity index (χ4n) is 0.920. The minimum Gasteiger partial charge on any atom is -0.329 e. The van der Waals surface area contributed by atoms with Gasteiger partial charge in [-0.1, -0.05) is 19.4 Å². The number of rotatable bonds is 8. The second-order valence-electron chi connectivity index (χ2n) is 3.06. The molecule has 2 heteroatoms. The molecule has 0 fully saturated rings. The lowest BCUT2D eigenvalue weighted by Crippen LogP contribution is -2.12. The number of hydrogen-bond acceptors (Lipinski definition) is 2. The Hall–Kier alpha value is 0.0500. The Morgan fingerprint density at radius 1 is 1.42 bits per heavy atom. The molecule has 1 unspecified atom stereocenters. The molecule has 2 N–H and O–H groups in total. The van der Waals surface area contributed by atoms with Crippen molar-refractivity contribution in [2.75, 3.05) is 12.3 Å². The van der Waals surface area contributed by atoms with Gasteiger partial charge in [-0.2, -0.15) is 11.8 Å². The van der Waals surface area contributed by atoms with E-state index in [1.54, 1.807) is 0 Å². The van der Waals surface area contributed by atoms with Crippen molar-refractivity contribution in [3.05, 3.63) is 12.7 Å². The summed E-state index contributed by atoms with van der Waals surface area (Å²) in [4.78, 5) is 0. The molecule has 0 aromatic heterocycles. The third-order valence-electron chi connectivity index (χ3n) is 1.79. The Kier molecular flexibility index (Phi) is 9.18. The normalized spacial score (nSPS) is 12.8. The number of allylic oxidation sites excluding steroid dienone is 1. The van der Waals surface area contributed by atoms with Crippen LogP contribution in [0.25, 0.3) is 0 Å². The van der Waals surface area contributed by atoms with Crippen LogP contribution in [0.15, 0.2) is 12.7 Å². The number of thioether (sulfide) groups is 1. The van der Waals surface area contributed by atoms with Gasteiger partial charge in [-0.05, 0) is 25.0 Å². The Bertz CT molecular complexity index is 104. The number of nitrogens with two attached hydrogens (primary N) is 1. The maximum absolute atomic E-state index is 5.50. The van der Waals surface area contributed by atoms with E-state index in [-0.39, 0.29) is 0 Å². The van der Waals surface area contributed by atoms with E-state index >= 15 is 0 Å². The molecule has 0 saturated heterocycles. The second-order valence-corrected chi connectivity index (χ2v) is 4.60. The summed E-state index contributed by atoms with van der Waals surface area (Å²) in [7, 11) is 0. The van der Waals surface area contributed by atoms with Crippen LogP contribution in [-0.2, 0) is 0 Å². The van der Waals surface area contributed by atoms with Gasteiger partial charge >= 0.3 is 0 Å². The van der Waals surface area contributed by atoms with Gasteiger partial charge in [0.2, 0.25) is 0 Å². The highest BCUT2D eigenvalue weighted by atomic mass is 32.2. The maximum atomic E-state index is 5.50. The Labute approximate surface area is 80.8 Å². The van der Waals surface area contributed by atoms with Crippen LogP contribution >= 0.6 is 11.8 Å². The number of hydrogen-bond donors (Lipinski definition) is 1. The first-order valence-electron chi connectivity index (χ1n) is 4.73. The maximum Gasteiger partial charge on any atom is 0.0141 e. The van der Waals surface area contributed by atoms with Gasteiger partial charge in [0, 0.05) is 11.8 Å². The van der Waals surface area contributed by atoms with Gasteiger partial charge in [-0.25, -0.2) is 0 Å². The van der Waals surface area contributed by atoms with E-state index in [1.807, 2.05) is 17.8 Å². The fourth-order valence-corrected chi connectivity index (χ4v) is 1.83. The Morgan fingerprint density at radius 2 is 2.17 bits per heavy atom. The molecule has 0 aromatic rings. The van der Waals surface area contributed by atoms with Crippen LogP contribution in [0.1, 0.15) is 32.6 Å². The van der Waals surface area contributed by atoms with E-state index in [0.717, 1.165) is 13.0 Å². The lowest BCUT2D eigenvalue weighted by atomic mass is 10.2. The van der Waals surface area contributed by atoms with E-state index in [4.69, 9.17) is 5.73 Å². The van der Waals surface area contributed by atoms with Crippen molar-refractivity contribution in [3.63, 3.8) is 0 Å². The van der Waals surface area contributed by atoms with Crippen molar-refractivity contribution >= 4 is 11.8 Å². The molecular weight excluding hydrogens is 166 g/mol. The molecule has 0 aromatic carbocycles. The number of unbranched alkanes of at least 4 members (excludes halogenated alkanes) is 3. The zero-order valence-corrected chi connectivity index (χ0v) is 8.91. The minimum atomic E-state index is 0.629. The summed E-state index contributed by atoms with van der Waals surface area (Å²) in [5, 5.41) is 0.629. The molecule has 0 aliphatic rings. The molecule has 0 amide bonds. The molecule has 1 atom stereocenters. The summed E-state index contributed by atoms with van der Waals surface area (Å²) in [6.45, 7) is 6.69.